The Morgan fingerprint density at radius 3 is 2.72 bits per heavy atom. The van der Waals surface area contributed by atoms with Crippen molar-refractivity contribution in [2.75, 3.05) is 45.1 Å². The summed E-state index contributed by atoms with van der Waals surface area (Å²) in [5.74, 6) is -0.767. The Bertz CT molecular complexity index is 1320. The number of hydrogen-bond donors (Lipinski definition) is 1. The summed E-state index contributed by atoms with van der Waals surface area (Å²) < 4.78 is 39.4. The molecule has 36 heavy (non-hydrogen) atoms. The third-order valence-electron chi connectivity index (χ3n) is 6.80. The van der Waals surface area contributed by atoms with E-state index in [9.17, 15) is 13.6 Å². The summed E-state index contributed by atoms with van der Waals surface area (Å²) in [6.45, 7) is 3.64. The van der Waals surface area contributed by atoms with E-state index >= 15 is 0 Å². The highest BCUT2D eigenvalue weighted by atomic mass is 35.5. The van der Waals surface area contributed by atoms with Gasteiger partial charge in [0.2, 0.25) is 11.7 Å². The van der Waals surface area contributed by atoms with Gasteiger partial charge in [-0.3, -0.25) is 9.69 Å². The number of carbonyl (C=O) groups is 1. The lowest BCUT2D eigenvalue weighted by Crippen LogP contribution is -2.41. The molecule has 1 aromatic carbocycles. The van der Waals surface area contributed by atoms with Gasteiger partial charge in [0.05, 0.1) is 29.8 Å². The fourth-order valence-corrected chi connectivity index (χ4v) is 5.04. The number of hydrogen-bond acceptors (Lipinski definition) is 6. The molecule has 5 rings (SSSR count). The molecule has 1 fully saturated rings. The smallest absolute Gasteiger partial charge is 0.237 e. The first-order valence-electron chi connectivity index (χ1n) is 12.0. The summed E-state index contributed by atoms with van der Waals surface area (Å²) in [6.07, 6.45) is 8.35. The second-order valence-corrected chi connectivity index (χ2v) is 9.47. The van der Waals surface area contributed by atoms with Gasteiger partial charge < -0.3 is 19.8 Å². The standard InChI is InChI=1S/C26H27ClF2N4O3/c27-23-17(20(28)3-4-21(23)29)7-12-35-25-24-18(13-31-26(25)30)19(15-36-24)16-5-10-33(11-6-16)22(34)14-32-8-1-2-9-32/h3-5,13,15H,1-2,6-12,14H2,(H2,30,31). The molecule has 2 N–H and O–H groups in total. The molecule has 2 aliphatic heterocycles. The van der Waals surface area contributed by atoms with Crippen LogP contribution in [0.25, 0.3) is 16.5 Å². The maximum atomic E-state index is 14.1. The van der Waals surface area contributed by atoms with E-state index in [4.69, 9.17) is 26.5 Å². The number of halogens is 3. The first-order valence-corrected chi connectivity index (χ1v) is 12.4. The number of anilines is 1. The Balaban J connectivity index is 1.29. The predicted octanol–water partition coefficient (Wildman–Crippen LogP) is 4.67. The van der Waals surface area contributed by atoms with Crippen molar-refractivity contribution in [3.63, 3.8) is 0 Å². The monoisotopic (exact) mass is 516 g/mol. The van der Waals surface area contributed by atoms with Crippen LogP contribution >= 0.6 is 11.6 Å². The van der Waals surface area contributed by atoms with E-state index in [0.29, 0.717) is 31.6 Å². The normalized spacial score (nSPS) is 16.5. The van der Waals surface area contributed by atoms with Crippen LogP contribution in [0.4, 0.5) is 14.6 Å². The van der Waals surface area contributed by atoms with Crippen molar-refractivity contribution in [2.24, 2.45) is 0 Å². The number of nitrogens with zero attached hydrogens (tertiary/aromatic N) is 3. The van der Waals surface area contributed by atoms with Crippen LogP contribution in [0.3, 0.4) is 0 Å². The van der Waals surface area contributed by atoms with Crippen molar-refractivity contribution < 1.29 is 22.7 Å². The summed E-state index contributed by atoms with van der Waals surface area (Å²) in [4.78, 5) is 21.0. The second-order valence-electron chi connectivity index (χ2n) is 9.09. The SMILES string of the molecule is Nc1ncc2c(C3=CCN(C(=O)CN4CCCC4)CC3)coc2c1OCCc1c(F)ccc(F)c1Cl. The second kappa shape index (κ2) is 10.4. The van der Waals surface area contributed by atoms with Crippen molar-refractivity contribution in [3.05, 3.63) is 58.5 Å². The molecular weight excluding hydrogens is 490 g/mol. The van der Waals surface area contributed by atoms with Gasteiger partial charge in [0, 0.05) is 36.8 Å². The van der Waals surface area contributed by atoms with Crippen molar-refractivity contribution in [3.8, 4) is 5.75 Å². The van der Waals surface area contributed by atoms with Gasteiger partial charge in [-0.15, -0.1) is 0 Å². The molecule has 0 unspecified atom stereocenters. The van der Waals surface area contributed by atoms with Gasteiger partial charge >= 0.3 is 0 Å². The molecular formula is C26H27ClF2N4O3. The summed E-state index contributed by atoms with van der Waals surface area (Å²) >= 11 is 5.91. The highest BCUT2D eigenvalue weighted by Crippen LogP contribution is 2.37. The van der Waals surface area contributed by atoms with E-state index < -0.39 is 11.6 Å². The molecule has 0 spiro atoms. The quantitative estimate of drug-likeness (QED) is 0.459. The summed E-state index contributed by atoms with van der Waals surface area (Å²) in [7, 11) is 0. The van der Waals surface area contributed by atoms with Crippen molar-refractivity contribution >= 4 is 39.9 Å². The fraction of sp³-hybridized carbons (Fsp3) is 0.385. The number of likely N-dealkylation sites (tertiary alicyclic amines) is 1. The number of benzene rings is 1. The third-order valence-corrected chi connectivity index (χ3v) is 7.21. The number of carbonyl (C=O) groups excluding carboxylic acids is 1. The molecule has 0 saturated carbocycles. The van der Waals surface area contributed by atoms with E-state index in [2.05, 4.69) is 9.88 Å². The summed E-state index contributed by atoms with van der Waals surface area (Å²) in [5, 5.41) is 0.470. The zero-order valence-corrected chi connectivity index (χ0v) is 20.5. The van der Waals surface area contributed by atoms with Gasteiger partial charge in [-0.2, -0.15) is 0 Å². The van der Waals surface area contributed by atoms with Crippen molar-refractivity contribution in [1.29, 1.82) is 0 Å². The first-order chi connectivity index (χ1) is 17.4. The Morgan fingerprint density at radius 1 is 1.19 bits per heavy atom. The molecule has 0 aliphatic carbocycles. The maximum Gasteiger partial charge on any atom is 0.237 e. The number of rotatable bonds is 7. The van der Waals surface area contributed by atoms with Crippen LogP contribution in [0, 0.1) is 11.6 Å². The van der Waals surface area contributed by atoms with E-state index in [-0.39, 0.29) is 41.1 Å². The Kier molecular flexibility index (Phi) is 7.11. The Hall–Kier alpha value is -3.17. The van der Waals surface area contributed by atoms with Gasteiger partial charge in [-0.25, -0.2) is 13.8 Å². The average Bonchev–Trinajstić information content (AvgIpc) is 3.55. The number of furan rings is 1. The molecule has 3 aromatic rings. The lowest BCUT2D eigenvalue weighted by molar-refractivity contribution is -0.131. The van der Waals surface area contributed by atoms with E-state index in [1.54, 1.807) is 12.5 Å². The number of nitrogen functional groups attached to an aromatic ring is 1. The van der Waals surface area contributed by atoms with Gasteiger partial charge in [0.25, 0.3) is 0 Å². The van der Waals surface area contributed by atoms with Gasteiger partial charge in [-0.05, 0) is 50.1 Å². The van der Waals surface area contributed by atoms with Crippen molar-refractivity contribution in [1.82, 2.24) is 14.8 Å². The Morgan fingerprint density at radius 2 is 1.97 bits per heavy atom. The highest BCUT2D eigenvalue weighted by Gasteiger charge is 2.24. The molecule has 190 valence electrons. The first kappa shape index (κ1) is 24.5. The minimum Gasteiger partial charge on any atom is -0.486 e. The number of aromatic nitrogens is 1. The molecule has 2 aromatic heterocycles. The lowest BCUT2D eigenvalue weighted by atomic mass is 9.99. The zero-order chi connectivity index (χ0) is 25.2. The van der Waals surface area contributed by atoms with Crippen LogP contribution in [0.1, 0.15) is 30.4 Å². The zero-order valence-electron chi connectivity index (χ0n) is 19.7. The lowest BCUT2D eigenvalue weighted by Gasteiger charge is -2.28. The number of fused-ring (bicyclic) bond motifs is 1. The van der Waals surface area contributed by atoms with E-state index in [0.717, 1.165) is 54.6 Å². The number of nitrogens with two attached hydrogens (primary N) is 1. The fourth-order valence-electron chi connectivity index (χ4n) is 4.79. The molecule has 0 radical (unpaired) electrons. The molecule has 7 nitrogen and oxygen atoms in total. The van der Waals surface area contributed by atoms with Crippen LogP contribution in [0.15, 0.2) is 35.1 Å². The van der Waals surface area contributed by atoms with Crippen LogP contribution < -0.4 is 10.5 Å². The van der Waals surface area contributed by atoms with Crippen LogP contribution in [0.2, 0.25) is 5.02 Å². The summed E-state index contributed by atoms with van der Waals surface area (Å²) in [5.41, 5.74) is 8.43. The molecule has 4 heterocycles. The maximum absolute atomic E-state index is 14.1. The van der Waals surface area contributed by atoms with Gasteiger partial charge in [0.15, 0.2) is 11.4 Å². The highest BCUT2D eigenvalue weighted by molar-refractivity contribution is 6.31. The number of amides is 1. The third kappa shape index (κ3) is 4.90. The Labute approximate surface area is 212 Å². The topological polar surface area (TPSA) is 84.8 Å². The largest absolute Gasteiger partial charge is 0.486 e. The van der Waals surface area contributed by atoms with E-state index in [1.165, 1.54) is 0 Å². The molecule has 0 atom stereocenters. The molecule has 2 aliphatic rings. The molecule has 10 heteroatoms. The van der Waals surface area contributed by atoms with Crippen LogP contribution in [-0.4, -0.2) is 60.0 Å². The number of ether oxygens (including phenoxy) is 1. The van der Waals surface area contributed by atoms with E-state index in [1.807, 2.05) is 11.0 Å². The van der Waals surface area contributed by atoms with Crippen LogP contribution in [0.5, 0.6) is 5.75 Å². The minimum absolute atomic E-state index is 0.00208. The van der Waals surface area contributed by atoms with Gasteiger partial charge in [-0.1, -0.05) is 17.7 Å². The predicted molar refractivity (Wildman–Crippen MR) is 134 cm³/mol. The van der Waals surface area contributed by atoms with Gasteiger partial charge in [0.1, 0.15) is 11.6 Å². The summed E-state index contributed by atoms with van der Waals surface area (Å²) in [6, 6.07) is 2.02. The minimum atomic E-state index is -0.691. The van der Waals surface area contributed by atoms with Crippen LogP contribution in [-0.2, 0) is 11.2 Å². The van der Waals surface area contributed by atoms with Crippen molar-refractivity contribution in [2.45, 2.75) is 25.7 Å². The number of pyridine rings is 1. The average molecular weight is 517 g/mol. The molecule has 1 amide bonds. The molecule has 1 saturated heterocycles. The molecule has 0 bridgehead atoms.